The largest absolute Gasteiger partial charge is 0.424 e. The van der Waals surface area contributed by atoms with Gasteiger partial charge in [-0.1, -0.05) is 31.4 Å². The summed E-state index contributed by atoms with van der Waals surface area (Å²) < 4.78 is 5.32. The molecule has 3 nitrogen and oxygen atoms in total. The average molecular weight is 219 g/mol. The maximum Gasteiger partial charge on any atom is 0.314 e. The first kappa shape index (κ1) is 11.0. The van der Waals surface area contributed by atoms with Crippen molar-refractivity contribution in [3.8, 4) is 5.75 Å². The van der Waals surface area contributed by atoms with Crippen molar-refractivity contribution in [3.05, 3.63) is 24.3 Å². The topological polar surface area (TPSA) is 52.3 Å². The molecule has 1 saturated carbocycles. The van der Waals surface area contributed by atoms with Gasteiger partial charge in [0.05, 0.1) is 11.6 Å². The smallest absolute Gasteiger partial charge is 0.314 e. The Morgan fingerprint density at radius 1 is 1.19 bits per heavy atom. The summed E-state index contributed by atoms with van der Waals surface area (Å²) in [6.07, 6.45) is 5.39. The third-order valence-electron chi connectivity index (χ3n) is 3.07. The predicted octanol–water partition coefficient (Wildman–Crippen LogP) is 2.75. The van der Waals surface area contributed by atoms with Crippen molar-refractivity contribution in [2.75, 3.05) is 5.73 Å². The SMILES string of the molecule is Nc1ccccc1OC(=O)C1CCCCC1. The van der Waals surface area contributed by atoms with Crippen molar-refractivity contribution in [2.24, 2.45) is 5.92 Å². The molecule has 0 atom stereocenters. The van der Waals surface area contributed by atoms with E-state index in [1.807, 2.05) is 12.1 Å². The minimum absolute atomic E-state index is 0.0633. The molecule has 0 unspecified atom stereocenters. The van der Waals surface area contributed by atoms with Crippen LogP contribution in [-0.2, 0) is 4.79 Å². The summed E-state index contributed by atoms with van der Waals surface area (Å²) in [6.45, 7) is 0. The van der Waals surface area contributed by atoms with Crippen LogP contribution in [0, 0.1) is 5.92 Å². The second-order valence-corrected chi connectivity index (χ2v) is 4.29. The Labute approximate surface area is 95.6 Å². The molecule has 0 bridgehead atoms. The Balaban J connectivity index is 1.99. The van der Waals surface area contributed by atoms with E-state index in [4.69, 9.17) is 10.5 Å². The highest BCUT2D eigenvalue weighted by Crippen LogP contribution is 2.27. The number of para-hydroxylation sites is 2. The number of esters is 1. The lowest BCUT2D eigenvalue weighted by atomic mass is 9.89. The van der Waals surface area contributed by atoms with Crippen LogP contribution in [-0.4, -0.2) is 5.97 Å². The van der Waals surface area contributed by atoms with Gasteiger partial charge in [0.15, 0.2) is 5.75 Å². The van der Waals surface area contributed by atoms with Gasteiger partial charge in [-0.2, -0.15) is 0 Å². The number of benzene rings is 1. The Morgan fingerprint density at radius 2 is 1.88 bits per heavy atom. The fourth-order valence-corrected chi connectivity index (χ4v) is 2.10. The molecule has 0 saturated heterocycles. The van der Waals surface area contributed by atoms with Crippen LogP contribution in [0.5, 0.6) is 5.75 Å². The quantitative estimate of drug-likeness (QED) is 0.472. The van der Waals surface area contributed by atoms with E-state index in [-0.39, 0.29) is 11.9 Å². The van der Waals surface area contributed by atoms with Crippen LogP contribution in [0.3, 0.4) is 0 Å². The van der Waals surface area contributed by atoms with Crippen LogP contribution in [0.25, 0.3) is 0 Å². The normalized spacial score (nSPS) is 17.0. The van der Waals surface area contributed by atoms with E-state index >= 15 is 0 Å². The van der Waals surface area contributed by atoms with E-state index in [9.17, 15) is 4.79 Å². The van der Waals surface area contributed by atoms with Crippen LogP contribution in [0.2, 0.25) is 0 Å². The minimum Gasteiger partial charge on any atom is -0.424 e. The van der Waals surface area contributed by atoms with Crippen molar-refractivity contribution >= 4 is 11.7 Å². The molecule has 1 aliphatic rings. The van der Waals surface area contributed by atoms with Crippen LogP contribution in [0.1, 0.15) is 32.1 Å². The van der Waals surface area contributed by atoms with Gasteiger partial charge < -0.3 is 10.5 Å². The molecule has 0 spiro atoms. The summed E-state index contributed by atoms with van der Waals surface area (Å²) in [6, 6.07) is 7.12. The number of hydrogen-bond donors (Lipinski definition) is 1. The number of nitrogens with two attached hydrogens (primary N) is 1. The van der Waals surface area contributed by atoms with Gasteiger partial charge in [-0.15, -0.1) is 0 Å². The lowest BCUT2D eigenvalue weighted by molar-refractivity contribution is -0.139. The molecule has 1 aromatic carbocycles. The number of hydrogen-bond acceptors (Lipinski definition) is 3. The fraction of sp³-hybridized carbons (Fsp3) is 0.462. The van der Waals surface area contributed by atoms with E-state index in [0.717, 1.165) is 25.7 Å². The highest BCUT2D eigenvalue weighted by molar-refractivity contribution is 5.76. The molecule has 3 heteroatoms. The molecule has 0 radical (unpaired) electrons. The fourth-order valence-electron chi connectivity index (χ4n) is 2.10. The Bertz CT molecular complexity index is 370. The van der Waals surface area contributed by atoms with Crippen LogP contribution >= 0.6 is 0 Å². The van der Waals surface area contributed by atoms with Crippen LogP contribution < -0.4 is 10.5 Å². The van der Waals surface area contributed by atoms with Gasteiger partial charge in [0.2, 0.25) is 0 Å². The van der Waals surface area contributed by atoms with Gasteiger partial charge in [0.1, 0.15) is 0 Å². The molecule has 1 fully saturated rings. The summed E-state index contributed by atoms with van der Waals surface area (Å²) in [5, 5.41) is 0. The number of rotatable bonds is 2. The summed E-state index contributed by atoms with van der Waals surface area (Å²) >= 11 is 0. The molecule has 86 valence electrons. The highest BCUT2D eigenvalue weighted by Gasteiger charge is 2.23. The van der Waals surface area contributed by atoms with Gasteiger partial charge >= 0.3 is 5.97 Å². The summed E-state index contributed by atoms with van der Waals surface area (Å²) in [7, 11) is 0. The Kier molecular flexibility index (Phi) is 3.44. The van der Waals surface area contributed by atoms with Crippen molar-refractivity contribution < 1.29 is 9.53 Å². The van der Waals surface area contributed by atoms with Gasteiger partial charge in [-0.25, -0.2) is 0 Å². The highest BCUT2D eigenvalue weighted by atomic mass is 16.5. The number of nitrogen functional groups attached to an aromatic ring is 1. The minimum atomic E-state index is -0.127. The van der Waals surface area contributed by atoms with Crippen molar-refractivity contribution in [2.45, 2.75) is 32.1 Å². The maximum atomic E-state index is 11.8. The van der Waals surface area contributed by atoms with Crippen LogP contribution in [0.4, 0.5) is 5.69 Å². The summed E-state index contributed by atoms with van der Waals surface area (Å²) in [4.78, 5) is 11.8. The van der Waals surface area contributed by atoms with Gasteiger partial charge in [0, 0.05) is 0 Å². The van der Waals surface area contributed by atoms with Gasteiger partial charge in [-0.3, -0.25) is 4.79 Å². The monoisotopic (exact) mass is 219 g/mol. The second-order valence-electron chi connectivity index (χ2n) is 4.29. The molecule has 1 aliphatic carbocycles. The molecular weight excluding hydrogens is 202 g/mol. The van der Waals surface area contributed by atoms with E-state index in [2.05, 4.69) is 0 Å². The first-order valence-electron chi connectivity index (χ1n) is 5.83. The first-order chi connectivity index (χ1) is 7.77. The number of carbonyl (C=O) groups is 1. The maximum absolute atomic E-state index is 11.8. The Hall–Kier alpha value is -1.51. The zero-order valence-corrected chi connectivity index (χ0v) is 9.32. The number of ether oxygens (including phenoxy) is 1. The van der Waals surface area contributed by atoms with Crippen molar-refractivity contribution in [3.63, 3.8) is 0 Å². The van der Waals surface area contributed by atoms with Crippen molar-refractivity contribution in [1.29, 1.82) is 0 Å². The lowest BCUT2D eigenvalue weighted by Gasteiger charge is -2.20. The molecule has 0 amide bonds. The molecule has 2 rings (SSSR count). The molecule has 0 aliphatic heterocycles. The second kappa shape index (κ2) is 5.01. The Morgan fingerprint density at radius 3 is 2.56 bits per heavy atom. The average Bonchev–Trinajstić information content (AvgIpc) is 2.33. The van der Waals surface area contributed by atoms with E-state index in [0.29, 0.717) is 11.4 Å². The van der Waals surface area contributed by atoms with E-state index in [1.165, 1.54) is 6.42 Å². The standard InChI is InChI=1S/C13H17NO2/c14-11-8-4-5-9-12(11)16-13(15)10-6-2-1-3-7-10/h4-5,8-10H,1-3,6-7,14H2. The zero-order chi connectivity index (χ0) is 11.4. The summed E-state index contributed by atoms with van der Waals surface area (Å²) in [5.74, 6) is 0.420. The number of carbonyl (C=O) groups excluding carboxylic acids is 1. The third-order valence-corrected chi connectivity index (χ3v) is 3.07. The van der Waals surface area contributed by atoms with Gasteiger partial charge in [-0.05, 0) is 25.0 Å². The third kappa shape index (κ3) is 2.54. The molecule has 0 aromatic heterocycles. The molecule has 0 heterocycles. The molecule has 1 aromatic rings. The zero-order valence-electron chi connectivity index (χ0n) is 9.32. The molecule has 16 heavy (non-hydrogen) atoms. The van der Waals surface area contributed by atoms with E-state index in [1.54, 1.807) is 12.1 Å². The molecule has 2 N–H and O–H groups in total. The number of anilines is 1. The van der Waals surface area contributed by atoms with Crippen molar-refractivity contribution in [1.82, 2.24) is 0 Å². The predicted molar refractivity (Wildman–Crippen MR) is 63.1 cm³/mol. The van der Waals surface area contributed by atoms with E-state index < -0.39 is 0 Å². The lowest BCUT2D eigenvalue weighted by Crippen LogP contribution is -2.23. The molecular formula is C13H17NO2. The summed E-state index contributed by atoms with van der Waals surface area (Å²) in [5.41, 5.74) is 6.24. The van der Waals surface area contributed by atoms with Gasteiger partial charge in [0.25, 0.3) is 0 Å². The first-order valence-corrected chi connectivity index (χ1v) is 5.83. The van der Waals surface area contributed by atoms with Crippen LogP contribution in [0.15, 0.2) is 24.3 Å².